The van der Waals surface area contributed by atoms with E-state index in [1.54, 1.807) is 0 Å². The molecule has 2 heteroatoms. The zero-order valence-electron chi connectivity index (χ0n) is 12.8. The zero-order chi connectivity index (χ0) is 15.0. The largest absolute Gasteiger partial charge is 0.484 e. The van der Waals surface area contributed by atoms with Crippen LogP contribution in [0.4, 0.5) is 0 Å². The predicted molar refractivity (Wildman–Crippen MR) is 84.1 cm³/mol. The van der Waals surface area contributed by atoms with E-state index >= 15 is 0 Å². The fraction of sp³-hybridized carbons (Fsp3) is 0.316. The maximum absolute atomic E-state index is 12.4. The van der Waals surface area contributed by atoms with Gasteiger partial charge in [0.2, 0.25) is 0 Å². The average molecular weight is 280 g/mol. The Kier molecular flexibility index (Phi) is 3.54. The first-order valence-electron chi connectivity index (χ1n) is 7.48. The van der Waals surface area contributed by atoms with Crippen LogP contribution < -0.4 is 4.74 Å². The molecule has 2 aromatic rings. The molecule has 0 spiro atoms. The number of carbonyl (C=O) groups excluding carboxylic acids is 1. The number of aryl methyl sites for hydroxylation is 3. The first-order valence-corrected chi connectivity index (χ1v) is 7.48. The van der Waals surface area contributed by atoms with E-state index in [2.05, 4.69) is 31.2 Å². The van der Waals surface area contributed by atoms with Crippen molar-refractivity contribution in [1.82, 2.24) is 0 Å². The highest BCUT2D eigenvalue weighted by atomic mass is 16.5. The number of ether oxygens (including phenoxy) is 1. The van der Waals surface area contributed by atoms with E-state index in [-0.39, 0.29) is 11.9 Å². The fourth-order valence-corrected chi connectivity index (χ4v) is 3.00. The van der Waals surface area contributed by atoms with Gasteiger partial charge in [-0.15, -0.1) is 0 Å². The molecule has 2 nitrogen and oxygen atoms in total. The average Bonchev–Trinajstić information content (AvgIpc) is 2.46. The summed E-state index contributed by atoms with van der Waals surface area (Å²) in [4.78, 5) is 12.4. The van der Waals surface area contributed by atoms with Gasteiger partial charge < -0.3 is 4.74 Å². The number of ketones is 1. The van der Waals surface area contributed by atoms with Crippen molar-refractivity contribution in [2.75, 3.05) is 0 Å². The highest BCUT2D eigenvalue weighted by Gasteiger charge is 2.29. The first-order chi connectivity index (χ1) is 10.1. The molecule has 1 aliphatic rings. The molecular weight excluding hydrogens is 260 g/mol. The van der Waals surface area contributed by atoms with Crippen LogP contribution in [0.5, 0.6) is 5.75 Å². The van der Waals surface area contributed by atoms with Crippen molar-refractivity contribution in [2.24, 2.45) is 0 Å². The van der Waals surface area contributed by atoms with Crippen LogP contribution in [0.25, 0.3) is 0 Å². The Hall–Kier alpha value is -2.09. The minimum absolute atomic E-state index is 0.169. The Labute approximate surface area is 125 Å². The molecule has 21 heavy (non-hydrogen) atoms. The molecule has 0 saturated carbocycles. The number of hydrogen-bond donors (Lipinski definition) is 0. The summed E-state index contributed by atoms with van der Waals surface area (Å²) in [5.41, 5.74) is 5.26. The van der Waals surface area contributed by atoms with Crippen LogP contribution in [0.3, 0.4) is 0 Å². The summed E-state index contributed by atoms with van der Waals surface area (Å²) in [5, 5.41) is 0. The standard InChI is InChI=1S/C19H20O2/c1-4-14-5-7-15(8-6-14)17-11-16(20)19-13(3)9-12(2)10-18(19)21-17/h5-10,17H,4,11H2,1-3H3. The van der Waals surface area contributed by atoms with E-state index in [0.717, 1.165) is 34.4 Å². The lowest BCUT2D eigenvalue weighted by molar-refractivity contribution is 0.0849. The number of benzene rings is 2. The molecule has 2 aromatic carbocycles. The summed E-state index contributed by atoms with van der Waals surface area (Å²) in [6.45, 7) is 6.14. The monoisotopic (exact) mass is 280 g/mol. The fourth-order valence-electron chi connectivity index (χ4n) is 3.00. The summed E-state index contributed by atoms with van der Waals surface area (Å²) in [7, 11) is 0. The number of carbonyl (C=O) groups is 1. The van der Waals surface area contributed by atoms with Crippen LogP contribution >= 0.6 is 0 Å². The molecule has 0 N–H and O–H groups in total. The summed E-state index contributed by atoms with van der Waals surface area (Å²) < 4.78 is 6.10. The van der Waals surface area contributed by atoms with Crippen molar-refractivity contribution >= 4 is 5.78 Å². The minimum atomic E-state index is -0.169. The van der Waals surface area contributed by atoms with Crippen LogP contribution in [-0.2, 0) is 6.42 Å². The molecule has 1 heterocycles. The third-order valence-corrected chi connectivity index (χ3v) is 4.12. The lowest BCUT2D eigenvalue weighted by Gasteiger charge is -2.27. The van der Waals surface area contributed by atoms with Crippen molar-refractivity contribution in [1.29, 1.82) is 0 Å². The number of hydrogen-bond acceptors (Lipinski definition) is 2. The van der Waals surface area contributed by atoms with E-state index in [9.17, 15) is 4.79 Å². The zero-order valence-corrected chi connectivity index (χ0v) is 12.8. The molecule has 3 rings (SSSR count). The van der Waals surface area contributed by atoms with Crippen LogP contribution in [0.15, 0.2) is 36.4 Å². The second-order valence-corrected chi connectivity index (χ2v) is 5.78. The molecule has 0 aliphatic carbocycles. The maximum atomic E-state index is 12.4. The van der Waals surface area contributed by atoms with Gasteiger partial charge in [-0.25, -0.2) is 0 Å². The van der Waals surface area contributed by atoms with Gasteiger partial charge >= 0.3 is 0 Å². The number of fused-ring (bicyclic) bond motifs is 1. The molecular formula is C19H20O2. The van der Waals surface area contributed by atoms with Crippen LogP contribution in [0.1, 0.15) is 52.1 Å². The van der Waals surface area contributed by atoms with Gasteiger partial charge in [0.25, 0.3) is 0 Å². The van der Waals surface area contributed by atoms with Crippen molar-refractivity contribution in [3.05, 3.63) is 64.2 Å². The van der Waals surface area contributed by atoms with Crippen LogP contribution in [0.2, 0.25) is 0 Å². The Balaban J connectivity index is 1.95. The smallest absolute Gasteiger partial charge is 0.170 e. The lowest BCUT2D eigenvalue weighted by Crippen LogP contribution is -2.21. The molecule has 0 aromatic heterocycles. The highest BCUT2D eigenvalue weighted by Crippen LogP contribution is 2.37. The third-order valence-electron chi connectivity index (χ3n) is 4.12. The van der Waals surface area contributed by atoms with Gasteiger partial charge in [-0.2, -0.15) is 0 Å². The van der Waals surface area contributed by atoms with Crippen LogP contribution in [-0.4, -0.2) is 5.78 Å². The second-order valence-electron chi connectivity index (χ2n) is 5.78. The SMILES string of the molecule is CCc1ccc(C2CC(=O)c3c(C)cc(C)cc3O2)cc1. The molecule has 1 aliphatic heterocycles. The summed E-state index contributed by atoms with van der Waals surface area (Å²) in [6, 6.07) is 12.4. The van der Waals surface area contributed by atoms with Gasteiger partial charge in [-0.05, 0) is 48.6 Å². The summed E-state index contributed by atoms with van der Waals surface area (Å²) in [6.07, 6.45) is 1.27. The van der Waals surface area contributed by atoms with Gasteiger partial charge in [0.05, 0.1) is 12.0 Å². The van der Waals surface area contributed by atoms with Crippen molar-refractivity contribution < 1.29 is 9.53 Å². The van der Waals surface area contributed by atoms with Gasteiger partial charge in [0.15, 0.2) is 5.78 Å². The minimum Gasteiger partial charge on any atom is -0.484 e. The summed E-state index contributed by atoms with van der Waals surface area (Å²) in [5.74, 6) is 0.909. The number of Topliss-reactive ketones (excluding diaryl/α,β-unsaturated/α-hetero) is 1. The summed E-state index contributed by atoms with van der Waals surface area (Å²) >= 11 is 0. The molecule has 0 fully saturated rings. The van der Waals surface area contributed by atoms with E-state index in [4.69, 9.17) is 4.74 Å². The number of rotatable bonds is 2. The molecule has 0 amide bonds. The maximum Gasteiger partial charge on any atom is 0.170 e. The molecule has 108 valence electrons. The van der Waals surface area contributed by atoms with Crippen molar-refractivity contribution in [2.45, 2.75) is 39.7 Å². The van der Waals surface area contributed by atoms with E-state index in [1.807, 2.05) is 26.0 Å². The predicted octanol–water partition coefficient (Wildman–Crippen LogP) is 4.57. The highest BCUT2D eigenvalue weighted by molar-refractivity contribution is 6.01. The van der Waals surface area contributed by atoms with E-state index in [1.165, 1.54) is 5.56 Å². The van der Waals surface area contributed by atoms with Crippen molar-refractivity contribution in [3.63, 3.8) is 0 Å². The first kappa shape index (κ1) is 13.9. The molecule has 0 bridgehead atoms. The Morgan fingerprint density at radius 2 is 1.86 bits per heavy atom. The Morgan fingerprint density at radius 1 is 1.14 bits per heavy atom. The molecule has 0 radical (unpaired) electrons. The van der Waals surface area contributed by atoms with Gasteiger partial charge in [-0.1, -0.05) is 37.3 Å². The molecule has 1 unspecified atom stereocenters. The Morgan fingerprint density at radius 3 is 2.52 bits per heavy atom. The second kappa shape index (κ2) is 5.36. The topological polar surface area (TPSA) is 26.3 Å². The van der Waals surface area contributed by atoms with E-state index < -0.39 is 0 Å². The molecule has 1 atom stereocenters. The van der Waals surface area contributed by atoms with Gasteiger partial charge in [-0.3, -0.25) is 4.79 Å². The molecule has 0 saturated heterocycles. The van der Waals surface area contributed by atoms with Gasteiger partial charge in [0.1, 0.15) is 11.9 Å². The quantitative estimate of drug-likeness (QED) is 0.805. The van der Waals surface area contributed by atoms with Crippen LogP contribution in [0, 0.1) is 13.8 Å². The normalized spacial score (nSPS) is 17.3. The van der Waals surface area contributed by atoms with E-state index in [0.29, 0.717) is 6.42 Å². The van der Waals surface area contributed by atoms with Gasteiger partial charge in [0, 0.05) is 0 Å². The third kappa shape index (κ3) is 2.58. The lowest BCUT2D eigenvalue weighted by atomic mass is 9.92. The van der Waals surface area contributed by atoms with Crippen molar-refractivity contribution in [3.8, 4) is 5.75 Å². The Bertz CT molecular complexity index is 683.